The van der Waals surface area contributed by atoms with Gasteiger partial charge in [0.1, 0.15) is 5.75 Å². The fourth-order valence-electron chi connectivity index (χ4n) is 1.64. The molecule has 0 saturated carbocycles. The predicted octanol–water partition coefficient (Wildman–Crippen LogP) is 2.68. The maximum absolute atomic E-state index is 9.57. The summed E-state index contributed by atoms with van der Waals surface area (Å²) < 4.78 is 5.08. The predicted molar refractivity (Wildman–Crippen MR) is 65.8 cm³/mol. The van der Waals surface area contributed by atoms with Crippen molar-refractivity contribution in [2.45, 2.75) is 13.3 Å². The van der Waals surface area contributed by atoms with Crippen LogP contribution in [0.2, 0.25) is 5.02 Å². The number of halogens is 1. The molecule has 2 N–H and O–H groups in total. The number of hydrogen-bond donors (Lipinski definition) is 2. The van der Waals surface area contributed by atoms with Crippen LogP contribution < -0.4 is 4.74 Å². The van der Waals surface area contributed by atoms with Gasteiger partial charge in [0.2, 0.25) is 5.88 Å². The summed E-state index contributed by atoms with van der Waals surface area (Å²) in [6, 6.07) is 5.48. The highest BCUT2D eigenvalue weighted by molar-refractivity contribution is 6.31. The van der Waals surface area contributed by atoms with Crippen LogP contribution in [0.3, 0.4) is 0 Å². The molecule has 0 fully saturated rings. The number of H-pyrrole nitrogens is 1. The molecule has 1 aromatic carbocycles. The van der Waals surface area contributed by atoms with Crippen molar-refractivity contribution in [2.24, 2.45) is 0 Å². The first-order chi connectivity index (χ1) is 8.11. The number of aromatic hydroxyl groups is 1. The molecular weight excluding hydrogens is 240 g/mol. The van der Waals surface area contributed by atoms with Crippen molar-refractivity contribution < 1.29 is 9.84 Å². The molecule has 1 heterocycles. The first kappa shape index (κ1) is 11.8. The van der Waals surface area contributed by atoms with E-state index in [-0.39, 0.29) is 5.88 Å². The molecule has 0 spiro atoms. The lowest BCUT2D eigenvalue weighted by Gasteiger charge is -2.06. The van der Waals surface area contributed by atoms with E-state index >= 15 is 0 Å². The van der Waals surface area contributed by atoms with Gasteiger partial charge in [-0.05, 0) is 24.6 Å². The molecule has 0 bridgehead atoms. The third kappa shape index (κ3) is 2.36. The molecule has 4 nitrogen and oxygen atoms in total. The van der Waals surface area contributed by atoms with Crippen molar-refractivity contribution in [1.82, 2.24) is 10.2 Å². The SMILES string of the molecule is COc1ccc(Cc2c(O)n[nH]c2C)c(Cl)c1. The highest BCUT2D eigenvalue weighted by Crippen LogP contribution is 2.27. The van der Waals surface area contributed by atoms with Gasteiger partial charge in [-0.2, -0.15) is 0 Å². The number of benzene rings is 1. The van der Waals surface area contributed by atoms with E-state index in [4.69, 9.17) is 16.3 Å². The topological polar surface area (TPSA) is 58.1 Å². The first-order valence-electron chi connectivity index (χ1n) is 5.17. The van der Waals surface area contributed by atoms with Crippen LogP contribution >= 0.6 is 11.6 Å². The second-order valence-corrected chi connectivity index (χ2v) is 4.19. The minimum Gasteiger partial charge on any atom is -0.497 e. The van der Waals surface area contributed by atoms with Crippen molar-refractivity contribution >= 4 is 11.6 Å². The normalized spacial score (nSPS) is 10.5. The smallest absolute Gasteiger partial charge is 0.233 e. The number of aryl methyl sites for hydroxylation is 1. The van der Waals surface area contributed by atoms with Crippen molar-refractivity contribution in [1.29, 1.82) is 0 Å². The Bertz CT molecular complexity index is 518. The average Bonchev–Trinajstić information content (AvgIpc) is 2.63. The Morgan fingerprint density at radius 1 is 1.47 bits per heavy atom. The molecule has 0 radical (unpaired) electrons. The zero-order chi connectivity index (χ0) is 12.4. The number of hydrogen-bond acceptors (Lipinski definition) is 3. The van der Waals surface area contributed by atoms with Gasteiger partial charge in [0.25, 0.3) is 0 Å². The second-order valence-electron chi connectivity index (χ2n) is 3.78. The quantitative estimate of drug-likeness (QED) is 0.883. The summed E-state index contributed by atoms with van der Waals surface area (Å²) >= 11 is 6.14. The summed E-state index contributed by atoms with van der Waals surface area (Å²) in [7, 11) is 1.59. The van der Waals surface area contributed by atoms with Gasteiger partial charge in [-0.1, -0.05) is 17.7 Å². The standard InChI is InChI=1S/C12H13ClN2O2/c1-7-10(12(16)15-14-7)5-8-3-4-9(17-2)6-11(8)13/h3-4,6H,5H2,1-2H3,(H2,14,15,16). The number of nitrogens with zero attached hydrogens (tertiary/aromatic N) is 1. The summed E-state index contributed by atoms with van der Waals surface area (Å²) in [6.07, 6.45) is 0.539. The molecule has 0 aliphatic rings. The fourth-order valence-corrected chi connectivity index (χ4v) is 1.88. The molecule has 90 valence electrons. The Morgan fingerprint density at radius 2 is 2.24 bits per heavy atom. The van der Waals surface area contributed by atoms with E-state index in [2.05, 4.69) is 10.2 Å². The summed E-state index contributed by atoms with van der Waals surface area (Å²) in [4.78, 5) is 0. The lowest BCUT2D eigenvalue weighted by Crippen LogP contribution is -1.92. The van der Waals surface area contributed by atoms with Crippen LogP contribution in [0.25, 0.3) is 0 Å². The number of aromatic nitrogens is 2. The van der Waals surface area contributed by atoms with Crippen molar-refractivity contribution in [3.8, 4) is 11.6 Å². The van der Waals surface area contributed by atoms with Gasteiger partial charge in [0.15, 0.2) is 0 Å². The third-order valence-electron chi connectivity index (χ3n) is 2.68. The van der Waals surface area contributed by atoms with E-state index in [9.17, 15) is 5.11 Å². The minimum atomic E-state index is 0.0226. The Balaban J connectivity index is 2.30. The summed E-state index contributed by atoms with van der Waals surface area (Å²) in [5, 5.41) is 16.7. The lowest BCUT2D eigenvalue weighted by atomic mass is 10.1. The van der Waals surface area contributed by atoms with Crippen molar-refractivity contribution in [3.05, 3.63) is 40.0 Å². The Labute approximate surface area is 104 Å². The number of methoxy groups -OCH3 is 1. The largest absolute Gasteiger partial charge is 0.497 e. The van der Waals surface area contributed by atoms with Gasteiger partial charge in [-0.15, -0.1) is 5.10 Å². The lowest BCUT2D eigenvalue weighted by molar-refractivity contribution is 0.414. The van der Waals surface area contributed by atoms with E-state index in [1.165, 1.54) is 0 Å². The van der Waals surface area contributed by atoms with Gasteiger partial charge >= 0.3 is 0 Å². The maximum Gasteiger partial charge on any atom is 0.233 e. The molecule has 2 rings (SSSR count). The molecular formula is C12H13ClN2O2. The minimum absolute atomic E-state index is 0.0226. The second kappa shape index (κ2) is 4.67. The van der Waals surface area contributed by atoms with Gasteiger partial charge in [-0.3, -0.25) is 5.10 Å². The molecule has 0 unspecified atom stereocenters. The summed E-state index contributed by atoms with van der Waals surface area (Å²) in [6.45, 7) is 1.86. The highest BCUT2D eigenvalue weighted by Gasteiger charge is 2.12. The zero-order valence-corrected chi connectivity index (χ0v) is 10.4. The zero-order valence-electron chi connectivity index (χ0n) is 9.62. The van der Waals surface area contributed by atoms with E-state index in [1.54, 1.807) is 13.2 Å². The van der Waals surface area contributed by atoms with Crippen molar-refractivity contribution in [3.63, 3.8) is 0 Å². The molecule has 5 heteroatoms. The Kier molecular flexibility index (Phi) is 3.24. The highest BCUT2D eigenvalue weighted by atomic mass is 35.5. The Hall–Kier alpha value is -1.68. The monoisotopic (exact) mass is 252 g/mol. The maximum atomic E-state index is 9.57. The number of aromatic amines is 1. The van der Waals surface area contributed by atoms with E-state index in [1.807, 2.05) is 19.1 Å². The number of ether oxygens (including phenoxy) is 1. The number of rotatable bonds is 3. The van der Waals surface area contributed by atoms with Gasteiger partial charge in [0, 0.05) is 22.7 Å². The van der Waals surface area contributed by atoms with Crippen LogP contribution in [0, 0.1) is 6.92 Å². The van der Waals surface area contributed by atoms with Crippen LogP contribution in [-0.2, 0) is 6.42 Å². The van der Waals surface area contributed by atoms with E-state index in [0.29, 0.717) is 17.2 Å². The van der Waals surface area contributed by atoms with Gasteiger partial charge in [-0.25, -0.2) is 0 Å². The number of nitrogens with one attached hydrogen (secondary N) is 1. The summed E-state index contributed by atoms with van der Waals surface area (Å²) in [5.74, 6) is 0.737. The molecule has 0 aliphatic carbocycles. The van der Waals surface area contributed by atoms with Crippen LogP contribution in [0.5, 0.6) is 11.6 Å². The average molecular weight is 253 g/mol. The summed E-state index contributed by atoms with van der Waals surface area (Å²) in [5.41, 5.74) is 2.53. The molecule has 17 heavy (non-hydrogen) atoms. The van der Waals surface area contributed by atoms with Crippen LogP contribution in [0.4, 0.5) is 0 Å². The molecule has 0 amide bonds. The van der Waals surface area contributed by atoms with E-state index < -0.39 is 0 Å². The van der Waals surface area contributed by atoms with Crippen LogP contribution in [0.1, 0.15) is 16.8 Å². The van der Waals surface area contributed by atoms with Crippen molar-refractivity contribution in [2.75, 3.05) is 7.11 Å². The first-order valence-corrected chi connectivity index (χ1v) is 5.55. The van der Waals surface area contributed by atoms with Gasteiger partial charge < -0.3 is 9.84 Å². The molecule has 1 aromatic heterocycles. The van der Waals surface area contributed by atoms with Gasteiger partial charge in [0.05, 0.1) is 7.11 Å². The fraction of sp³-hybridized carbons (Fsp3) is 0.250. The third-order valence-corrected chi connectivity index (χ3v) is 3.03. The molecule has 0 atom stereocenters. The molecule has 0 aliphatic heterocycles. The molecule has 0 saturated heterocycles. The van der Waals surface area contributed by atoms with Crippen LogP contribution in [0.15, 0.2) is 18.2 Å². The van der Waals surface area contributed by atoms with E-state index in [0.717, 1.165) is 16.8 Å². The molecule has 2 aromatic rings. The van der Waals surface area contributed by atoms with Crippen LogP contribution in [-0.4, -0.2) is 22.4 Å². The Morgan fingerprint density at radius 3 is 2.76 bits per heavy atom.